The zero-order chi connectivity index (χ0) is 14.9. The molecule has 21 heavy (non-hydrogen) atoms. The summed E-state index contributed by atoms with van der Waals surface area (Å²) < 4.78 is 5.86. The Morgan fingerprint density at radius 2 is 1.95 bits per heavy atom. The second kappa shape index (κ2) is 8.49. The maximum absolute atomic E-state index is 5.86. The summed E-state index contributed by atoms with van der Waals surface area (Å²) in [6.45, 7) is 6.45. The van der Waals surface area contributed by atoms with E-state index in [-0.39, 0.29) is 0 Å². The van der Waals surface area contributed by atoms with Gasteiger partial charge in [0.1, 0.15) is 6.10 Å². The van der Waals surface area contributed by atoms with Gasteiger partial charge in [-0.2, -0.15) is 0 Å². The first kappa shape index (κ1) is 15.6. The molecule has 1 fully saturated rings. The van der Waals surface area contributed by atoms with Gasteiger partial charge in [0.2, 0.25) is 5.88 Å². The fraction of sp³-hybridized carbons (Fsp3) is 0.625. The van der Waals surface area contributed by atoms with E-state index in [1.54, 1.807) is 0 Å². The number of rotatable bonds is 6. The van der Waals surface area contributed by atoms with Gasteiger partial charge >= 0.3 is 0 Å². The highest BCUT2D eigenvalue weighted by molar-refractivity contribution is 5.79. The molecule has 0 aromatic carbocycles. The van der Waals surface area contributed by atoms with Crippen LogP contribution in [0.25, 0.3) is 0 Å². The van der Waals surface area contributed by atoms with E-state index in [4.69, 9.17) is 4.74 Å². The van der Waals surface area contributed by atoms with Crippen LogP contribution < -0.4 is 15.4 Å². The summed E-state index contributed by atoms with van der Waals surface area (Å²) in [5.41, 5.74) is 1.09. The summed E-state index contributed by atoms with van der Waals surface area (Å²) in [5, 5.41) is 6.41. The first-order chi connectivity index (χ1) is 10.3. The van der Waals surface area contributed by atoms with E-state index in [9.17, 15) is 0 Å². The topological polar surface area (TPSA) is 58.5 Å². The number of hydrogen-bond donors (Lipinski definition) is 2. The Bertz CT molecular complexity index is 430. The molecule has 1 aromatic rings. The molecule has 0 saturated heterocycles. The standard InChI is InChI=1S/C16H26N4O/c1-3-17-16(18-4-2)20-12-13-9-10-15(19-11-13)21-14-7-5-6-8-14/h9-11,14H,3-8,12H2,1-2H3,(H2,17,18,20). The van der Waals surface area contributed by atoms with Crippen LogP contribution in [0.1, 0.15) is 45.1 Å². The predicted molar refractivity (Wildman–Crippen MR) is 85.6 cm³/mol. The maximum atomic E-state index is 5.86. The van der Waals surface area contributed by atoms with Gasteiger partial charge in [-0.15, -0.1) is 0 Å². The van der Waals surface area contributed by atoms with Crippen molar-refractivity contribution in [1.82, 2.24) is 15.6 Å². The molecule has 5 heteroatoms. The van der Waals surface area contributed by atoms with E-state index in [0.29, 0.717) is 12.6 Å². The molecule has 0 spiro atoms. The fourth-order valence-electron chi connectivity index (χ4n) is 2.43. The molecule has 2 rings (SSSR count). The van der Waals surface area contributed by atoms with Crippen molar-refractivity contribution >= 4 is 5.96 Å². The maximum Gasteiger partial charge on any atom is 0.213 e. The van der Waals surface area contributed by atoms with Crippen LogP contribution in [0.4, 0.5) is 0 Å². The molecule has 0 amide bonds. The van der Waals surface area contributed by atoms with E-state index < -0.39 is 0 Å². The van der Waals surface area contributed by atoms with Crippen LogP contribution in [0, 0.1) is 0 Å². The number of nitrogens with zero attached hydrogens (tertiary/aromatic N) is 2. The summed E-state index contributed by atoms with van der Waals surface area (Å²) in [4.78, 5) is 8.90. The molecular weight excluding hydrogens is 264 g/mol. The Hall–Kier alpha value is -1.78. The van der Waals surface area contributed by atoms with Crippen molar-refractivity contribution in [2.75, 3.05) is 13.1 Å². The van der Waals surface area contributed by atoms with Gasteiger partial charge in [-0.25, -0.2) is 9.98 Å². The van der Waals surface area contributed by atoms with E-state index in [0.717, 1.165) is 43.3 Å². The van der Waals surface area contributed by atoms with E-state index in [2.05, 4.69) is 34.5 Å². The normalized spacial score (nSPS) is 14.8. The number of aromatic nitrogens is 1. The van der Waals surface area contributed by atoms with E-state index >= 15 is 0 Å². The second-order valence-electron chi connectivity index (χ2n) is 5.25. The van der Waals surface area contributed by atoms with Crippen LogP contribution in [-0.4, -0.2) is 30.1 Å². The number of hydrogen-bond acceptors (Lipinski definition) is 3. The Morgan fingerprint density at radius 3 is 2.52 bits per heavy atom. The number of guanidine groups is 1. The molecule has 0 unspecified atom stereocenters. The lowest BCUT2D eigenvalue weighted by atomic mass is 10.3. The fourth-order valence-corrected chi connectivity index (χ4v) is 2.43. The number of pyridine rings is 1. The monoisotopic (exact) mass is 290 g/mol. The third-order valence-corrected chi connectivity index (χ3v) is 3.50. The molecule has 1 aromatic heterocycles. The highest BCUT2D eigenvalue weighted by atomic mass is 16.5. The van der Waals surface area contributed by atoms with Crippen molar-refractivity contribution in [2.45, 2.75) is 52.2 Å². The third-order valence-electron chi connectivity index (χ3n) is 3.50. The van der Waals surface area contributed by atoms with E-state index in [1.165, 1.54) is 12.8 Å². The van der Waals surface area contributed by atoms with Crippen LogP contribution in [0.15, 0.2) is 23.3 Å². The summed E-state index contributed by atoms with van der Waals surface area (Å²) >= 11 is 0. The van der Waals surface area contributed by atoms with Crippen LogP contribution in [0.2, 0.25) is 0 Å². The molecule has 1 heterocycles. The number of ether oxygens (including phenoxy) is 1. The third kappa shape index (κ3) is 5.25. The molecule has 0 radical (unpaired) electrons. The van der Waals surface area contributed by atoms with Gasteiger partial charge in [-0.1, -0.05) is 6.07 Å². The van der Waals surface area contributed by atoms with Gasteiger partial charge in [0.05, 0.1) is 6.54 Å². The Morgan fingerprint density at radius 1 is 1.24 bits per heavy atom. The zero-order valence-electron chi connectivity index (χ0n) is 13.1. The van der Waals surface area contributed by atoms with Gasteiger partial charge in [0.15, 0.2) is 5.96 Å². The van der Waals surface area contributed by atoms with Gasteiger partial charge in [0, 0.05) is 25.4 Å². The van der Waals surface area contributed by atoms with Crippen molar-refractivity contribution in [1.29, 1.82) is 0 Å². The summed E-state index contributed by atoms with van der Waals surface area (Å²) in [5.74, 6) is 1.57. The Kier molecular flexibility index (Phi) is 6.31. The first-order valence-corrected chi connectivity index (χ1v) is 7.95. The summed E-state index contributed by atoms with van der Waals surface area (Å²) in [7, 11) is 0. The smallest absolute Gasteiger partial charge is 0.213 e. The van der Waals surface area contributed by atoms with Crippen LogP contribution in [0.3, 0.4) is 0 Å². The van der Waals surface area contributed by atoms with Crippen LogP contribution in [0.5, 0.6) is 5.88 Å². The van der Waals surface area contributed by atoms with Gasteiger partial charge in [-0.05, 0) is 45.1 Å². The lowest BCUT2D eigenvalue weighted by molar-refractivity contribution is 0.201. The molecule has 116 valence electrons. The van der Waals surface area contributed by atoms with Crippen molar-refractivity contribution < 1.29 is 4.74 Å². The molecule has 5 nitrogen and oxygen atoms in total. The molecule has 0 aliphatic heterocycles. The lowest BCUT2D eigenvalue weighted by Gasteiger charge is -2.12. The summed E-state index contributed by atoms with van der Waals surface area (Å²) in [6.07, 6.45) is 7.06. The SMILES string of the molecule is CCNC(=NCc1ccc(OC2CCCC2)nc1)NCC. The van der Waals surface area contributed by atoms with Gasteiger partial charge in [0.25, 0.3) is 0 Å². The van der Waals surface area contributed by atoms with Crippen LogP contribution in [-0.2, 0) is 6.54 Å². The number of nitrogens with one attached hydrogen (secondary N) is 2. The first-order valence-electron chi connectivity index (χ1n) is 7.95. The second-order valence-corrected chi connectivity index (χ2v) is 5.25. The Labute approximate surface area is 127 Å². The Balaban J connectivity index is 1.87. The quantitative estimate of drug-likeness (QED) is 0.624. The minimum atomic E-state index is 0.357. The minimum Gasteiger partial charge on any atom is -0.474 e. The van der Waals surface area contributed by atoms with E-state index in [1.807, 2.05) is 18.3 Å². The van der Waals surface area contributed by atoms with Crippen molar-refractivity contribution in [3.05, 3.63) is 23.9 Å². The average molecular weight is 290 g/mol. The molecule has 1 saturated carbocycles. The molecule has 2 N–H and O–H groups in total. The van der Waals surface area contributed by atoms with Gasteiger partial charge < -0.3 is 15.4 Å². The van der Waals surface area contributed by atoms with Crippen LogP contribution >= 0.6 is 0 Å². The number of aliphatic imine (C=N–C) groups is 1. The highest BCUT2D eigenvalue weighted by Crippen LogP contribution is 2.22. The highest BCUT2D eigenvalue weighted by Gasteiger charge is 2.16. The minimum absolute atomic E-state index is 0.357. The molecule has 1 aliphatic carbocycles. The molecule has 0 bridgehead atoms. The molecule has 0 atom stereocenters. The summed E-state index contributed by atoms with van der Waals surface area (Å²) in [6, 6.07) is 3.99. The van der Waals surface area contributed by atoms with Crippen molar-refractivity contribution in [2.24, 2.45) is 4.99 Å². The van der Waals surface area contributed by atoms with Crippen molar-refractivity contribution in [3.8, 4) is 5.88 Å². The predicted octanol–water partition coefficient (Wildman–Crippen LogP) is 2.48. The van der Waals surface area contributed by atoms with Gasteiger partial charge in [-0.3, -0.25) is 0 Å². The van der Waals surface area contributed by atoms with Crippen molar-refractivity contribution in [3.63, 3.8) is 0 Å². The molecular formula is C16H26N4O. The lowest BCUT2D eigenvalue weighted by Crippen LogP contribution is -2.36. The molecule has 1 aliphatic rings. The largest absolute Gasteiger partial charge is 0.474 e. The average Bonchev–Trinajstić information content (AvgIpc) is 3.00. The zero-order valence-corrected chi connectivity index (χ0v) is 13.1.